The van der Waals surface area contributed by atoms with Crippen molar-refractivity contribution < 1.29 is 61.3 Å². The molecule has 4 rings (SSSR count). The van der Waals surface area contributed by atoms with Gasteiger partial charge in [-0.25, -0.2) is 9.67 Å². The molecule has 0 radical (unpaired) electrons. The molecule has 1 aliphatic carbocycles. The third-order valence-electron chi connectivity index (χ3n) is 3.94. The van der Waals surface area contributed by atoms with Crippen molar-refractivity contribution in [2.24, 2.45) is 0 Å². The summed E-state index contributed by atoms with van der Waals surface area (Å²) in [5.41, 5.74) is 2.67. The fourth-order valence-corrected chi connectivity index (χ4v) is 2.85. The van der Waals surface area contributed by atoms with Gasteiger partial charge in [0.25, 0.3) is 5.56 Å². The zero-order chi connectivity index (χ0) is 15.3. The molecule has 0 atom stereocenters. The summed E-state index contributed by atoms with van der Waals surface area (Å²) < 4.78 is 1.22. The zero-order valence-corrected chi connectivity index (χ0v) is 15.6. The molecular formula is C15H11KN4O3. The molecule has 0 aliphatic heterocycles. The fourth-order valence-electron chi connectivity index (χ4n) is 2.85. The molecule has 0 amide bonds. The maximum absolute atomic E-state index is 12.2. The van der Waals surface area contributed by atoms with E-state index < -0.39 is 5.97 Å². The van der Waals surface area contributed by atoms with Gasteiger partial charge in [0.2, 0.25) is 5.95 Å². The molecule has 3 aromatic rings. The first-order valence-corrected chi connectivity index (χ1v) is 6.94. The summed E-state index contributed by atoms with van der Waals surface area (Å²) in [5.74, 6) is -1.14. The molecule has 0 saturated heterocycles. The van der Waals surface area contributed by atoms with Crippen LogP contribution in [0.1, 0.15) is 27.9 Å². The number of nitrogens with zero attached hydrogens (tertiary/aromatic N) is 3. The average Bonchev–Trinajstić information content (AvgIpc) is 3.14. The molecule has 7 nitrogen and oxygen atoms in total. The number of fused-ring (bicyclic) bond motifs is 2. The van der Waals surface area contributed by atoms with Crippen molar-refractivity contribution in [1.82, 2.24) is 19.7 Å². The van der Waals surface area contributed by atoms with E-state index in [9.17, 15) is 14.7 Å². The van der Waals surface area contributed by atoms with E-state index in [0.717, 1.165) is 25.5 Å². The van der Waals surface area contributed by atoms with Crippen molar-refractivity contribution in [2.45, 2.75) is 19.3 Å². The molecule has 110 valence electrons. The van der Waals surface area contributed by atoms with Gasteiger partial charge >= 0.3 is 51.4 Å². The predicted octanol–water partition coefficient (Wildman–Crippen LogP) is -3.03. The largest absolute Gasteiger partial charge is 1.00 e. The van der Waals surface area contributed by atoms with Gasteiger partial charge in [-0.15, -0.1) is 0 Å². The molecule has 23 heavy (non-hydrogen) atoms. The van der Waals surface area contributed by atoms with Gasteiger partial charge in [-0.2, -0.15) is 5.10 Å². The van der Waals surface area contributed by atoms with Gasteiger partial charge < -0.3 is 9.90 Å². The van der Waals surface area contributed by atoms with Crippen LogP contribution in [-0.2, 0) is 12.8 Å². The topological polar surface area (TPSA) is 104 Å². The number of aromatic carboxylic acids is 1. The van der Waals surface area contributed by atoms with Crippen molar-refractivity contribution in [1.29, 1.82) is 0 Å². The van der Waals surface area contributed by atoms with Gasteiger partial charge in [-0.3, -0.25) is 9.78 Å². The summed E-state index contributed by atoms with van der Waals surface area (Å²) in [7, 11) is 0. The predicted molar refractivity (Wildman–Crippen MR) is 75.8 cm³/mol. The number of carbonyl (C=O) groups excluding carboxylic acids is 1. The summed E-state index contributed by atoms with van der Waals surface area (Å²) >= 11 is 0. The number of carbonyl (C=O) groups is 1. The number of H-pyrrole nitrogens is 1. The van der Waals surface area contributed by atoms with Gasteiger partial charge in [-0.1, -0.05) is 0 Å². The summed E-state index contributed by atoms with van der Waals surface area (Å²) in [6.45, 7) is 0. The summed E-state index contributed by atoms with van der Waals surface area (Å²) in [6, 6.07) is 3.82. The Balaban J connectivity index is 0.00000156. The van der Waals surface area contributed by atoms with Gasteiger partial charge in [0.05, 0.1) is 23.1 Å². The number of hydrogen-bond acceptors (Lipinski definition) is 5. The van der Waals surface area contributed by atoms with Crippen LogP contribution in [0.25, 0.3) is 16.9 Å². The maximum Gasteiger partial charge on any atom is 1.00 e. The normalized spacial score (nSPS) is 12.9. The Morgan fingerprint density at radius 2 is 2.00 bits per heavy atom. The summed E-state index contributed by atoms with van der Waals surface area (Å²) in [4.78, 5) is 30.1. The number of benzene rings is 1. The number of rotatable bonds is 2. The Bertz CT molecular complexity index is 977. The number of carboxylic acid groups (broad SMARTS) is 1. The molecular weight excluding hydrogens is 323 g/mol. The van der Waals surface area contributed by atoms with Crippen LogP contribution in [0.5, 0.6) is 0 Å². The van der Waals surface area contributed by atoms with Crippen LogP contribution in [0.4, 0.5) is 0 Å². The Hall–Kier alpha value is -1.32. The van der Waals surface area contributed by atoms with Crippen LogP contribution in [0.3, 0.4) is 0 Å². The minimum absolute atomic E-state index is 0. The molecule has 8 heteroatoms. The van der Waals surface area contributed by atoms with E-state index in [1.807, 2.05) is 12.1 Å². The average molecular weight is 334 g/mol. The SMILES string of the molecule is O=C([O-])c1cnn(-c2nc3cc4c(cc3c(=O)[nH]2)CCC4)c1.[K+]. The molecule has 1 aliphatic rings. The van der Waals surface area contributed by atoms with Crippen molar-refractivity contribution in [3.63, 3.8) is 0 Å². The van der Waals surface area contributed by atoms with Crippen molar-refractivity contribution in [2.75, 3.05) is 0 Å². The van der Waals surface area contributed by atoms with Crippen molar-refractivity contribution in [3.8, 4) is 5.95 Å². The van der Waals surface area contributed by atoms with Crippen LogP contribution in [0.15, 0.2) is 29.3 Å². The van der Waals surface area contributed by atoms with Crippen molar-refractivity contribution >= 4 is 16.9 Å². The van der Waals surface area contributed by atoms with E-state index in [4.69, 9.17) is 0 Å². The molecule has 2 heterocycles. The Morgan fingerprint density at radius 3 is 2.70 bits per heavy atom. The molecule has 0 spiro atoms. The van der Waals surface area contributed by atoms with E-state index in [1.165, 1.54) is 22.0 Å². The van der Waals surface area contributed by atoms with Gasteiger partial charge in [0, 0.05) is 11.8 Å². The molecule has 1 aromatic carbocycles. The smallest absolute Gasteiger partial charge is 0.545 e. The van der Waals surface area contributed by atoms with Crippen LogP contribution in [0.2, 0.25) is 0 Å². The minimum Gasteiger partial charge on any atom is -0.545 e. The fraction of sp³-hybridized carbons (Fsp3) is 0.200. The van der Waals surface area contributed by atoms with E-state index in [0.29, 0.717) is 10.9 Å². The monoisotopic (exact) mass is 334 g/mol. The van der Waals surface area contributed by atoms with E-state index in [-0.39, 0.29) is 68.5 Å². The molecule has 2 aromatic heterocycles. The number of aromatic nitrogens is 4. The summed E-state index contributed by atoms with van der Waals surface area (Å²) in [5, 5.41) is 15.2. The molecule has 0 bridgehead atoms. The second kappa shape index (κ2) is 6.29. The van der Waals surface area contributed by atoms with Crippen LogP contribution in [-0.4, -0.2) is 25.7 Å². The first-order chi connectivity index (χ1) is 10.6. The Kier molecular flexibility index (Phi) is 4.52. The standard InChI is InChI=1S/C15H12N4O3.K/c20-13-11-4-8-2-1-3-9(8)5-12(11)17-15(18-13)19-7-10(6-16-19)14(21)22;/h4-7H,1-3H2,(H,21,22)(H,17,18,20);/q;+1/p-1. The Morgan fingerprint density at radius 1 is 1.26 bits per heavy atom. The third-order valence-corrected chi connectivity index (χ3v) is 3.94. The first-order valence-electron chi connectivity index (χ1n) is 6.94. The Labute approximate surface area is 173 Å². The molecule has 1 N–H and O–H groups in total. The molecule has 0 unspecified atom stereocenters. The van der Waals surface area contributed by atoms with E-state index >= 15 is 0 Å². The van der Waals surface area contributed by atoms with Gasteiger partial charge in [0.15, 0.2) is 0 Å². The second-order valence-corrected chi connectivity index (χ2v) is 5.34. The second-order valence-electron chi connectivity index (χ2n) is 5.34. The number of carboxylic acids is 1. The minimum atomic E-state index is -1.33. The van der Waals surface area contributed by atoms with Crippen LogP contribution in [0, 0.1) is 0 Å². The number of aryl methyl sites for hydroxylation is 2. The zero-order valence-electron chi connectivity index (χ0n) is 12.5. The van der Waals surface area contributed by atoms with E-state index in [1.54, 1.807) is 0 Å². The van der Waals surface area contributed by atoms with Crippen LogP contribution < -0.4 is 62.1 Å². The molecule has 0 fully saturated rings. The third kappa shape index (κ3) is 2.92. The van der Waals surface area contributed by atoms with Gasteiger partial charge in [0.1, 0.15) is 0 Å². The molecule has 0 saturated carbocycles. The first kappa shape index (κ1) is 16.5. The quantitative estimate of drug-likeness (QED) is 0.502. The number of aromatic amines is 1. The van der Waals surface area contributed by atoms with Gasteiger partial charge in [-0.05, 0) is 42.5 Å². The van der Waals surface area contributed by atoms with E-state index in [2.05, 4.69) is 15.1 Å². The maximum atomic E-state index is 12.2. The van der Waals surface area contributed by atoms with Crippen LogP contribution >= 0.6 is 0 Å². The number of hydrogen-bond donors (Lipinski definition) is 1. The van der Waals surface area contributed by atoms with Crippen molar-refractivity contribution in [3.05, 3.63) is 51.6 Å². The number of nitrogens with one attached hydrogen (secondary N) is 1. The summed E-state index contributed by atoms with van der Waals surface area (Å²) in [6.07, 6.45) is 5.48.